The number of halogens is 1. The van der Waals surface area contributed by atoms with E-state index in [2.05, 4.69) is 10.6 Å². The molecule has 0 aliphatic carbocycles. The summed E-state index contributed by atoms with van der Waals surface area (Å²) in [7, 11) is -4.19. The van der Waals surface area contributed by atoms with Crippen LogP contribution in [0.4, 0.5) is 0 Å². The summed E-state index contributed by atoms with van der Waals surface area (Å²) in [5.74, 6) is 0.0786. The van der Waals surface area contributed by atoms with Crippen molar-refractivity contribution in [2.75, 3.05) is 25.8 Å². The zero-order valence-corrected chi connectivity index (χ0v) is 25.3. The van der Waals surface area contributed by atoms with Gasteiger partial charge in [-0.3, -0.25) is 9.59 Å². The maximum atomic E-state index is 14.0. The van der Waals surface area contributed by atoms with Crippen molar-refractivity contribution < 1.29 is 32.6 Å². The fourth-order valence-electron chi connectivity index (χ4n) is 4.66. The smallest absolute Gasteiger partial charge is 0.245 e. The van der Waals surface area contributed by atoms with Gasteiger partial charge >= 0.3 is 0 Å². The lowest BCUT2D eigenvalue weighted by atomic mass is 9.98. The number of rotatable bonds is 16. The summed E-state index contributed by atoms with van der Waals surface area (Å²) in [5, 5.41) is 17.7. The number of alkyl halides is 1. The van der Waals surface area contributed by atoms with E-state index in [0.29, 0.717) is 24.3 Å². The molecule has 0 aromatic heterocycles. The van der Waals surface area contributed by atoms with Gasteiger partial charge in [0.15, 0.2) is 11.5 Å². The first-order valence-electron chi connectivity index (χ1n) is 13.8. The molecular formula is C29H40ClN3O7S. The van der Waals surface area contributed by atoms with Crippen molar-refractivity contribution in [2.45, 2.75) is 69.5 Å². The molecule has 0 spiro atoms. The van der Waals surface area contributed by atoms with Gasteiger partial charge < -0.3 is 25.2 Å². The Labute approximate surface area is 247 Å². The van der Waals surface area contributed by atoms with Crippen LogP contribution >= 0.6 is 11.6 Å². The maximum absolute atomic E-state index is 14.0. The molecule has 0 saturated heterocycles. The molecule has 2 aromatic carbocycles. The minimum absolute atomic E-state index is 0.00710. The molecule has 2 unspecified atom stereocenters. The Kier molecular flexibility index (Phi) is 11.8. The van der Waals surface area contributed by atoms with Crippen molar-refractivity contribution in [1.29, 1.82) is 0 Å². The quantitative estimate of drug-likeness (QED) is 0.196. The monoisotopic (exact) mass is 609 g/mol. The van der Waals surface area contributed by atoms with Gasteiger partial charge in [-0.1, -0.05) is 44.2 Å². The molecule has 1 aliphatic heterocycles. The Morgan fingerprint density at radius 1 is 1.07 bits per heavy atom. The molecule has 41 heavy (non-hydrogen) atoms. The fourth-order valence-corrected chi connectivity index (χ4v) is 6.58. The number of aliphatic hydroxyl groups is 1. The van der Waals surface area contributed by atoms with Gasteiger partial charge in [-0.25, -0.2) is 8.42 Å². The van der Waals surface area contributed by atoms with Crippen LogP contribution < -0.4 is 20.1 Å². The minimum atomic E-state index is -4.19. The highest BCUT2D eigenvalue weighted by Gasteiger charge is 2.43. The largest absolute Gasteiger partial charge is 0.454 e. The summed E-state index contributed by atoms with van der Waals surface area (Å²) in [4.78, 5) is 24.0. The summed E-state index contributed by atoms with van der Waals surface area (Å²) in [6.45, 7) is 5.72. The van der Waals surface area contributed by atoms with E-state index in [1.807, 2.05) is 51.1 Å². The van der Waals surface area contributed by atoms with Gasteiger partial charge in [0, 0.05) is 44.5 Å². The normalized spacial score (nSPS) is 15.0. The van der Waals surface area contributed by atoms with Gasteiger partial charge in [-0.15, -0.1) is 11.6 Å². The van der Waals surface area contributed by atoms with Crippen molar-refractivity contribution in [3.8, 4) is 11.5 Å². The number of carbonyl (C=O) groups excluding carboxylic acids is 2. The van der Waals surface area contributed by atoms with Crippen LogP contribution in [-0.4, -0.2) is 67.2 Å². The number of ether oxygens (including phenoxy) is 2. The van der Waals surface area contributed by atoms with Crippen molar-refractivity contribution in [3.05, 3.63) is 54.1 Å². The highest BCUT2D eigenvalue weighted by molar-refractivity contribution is 7.89. The number of nitrogens with one attached hydrogen (secondary N) is 2. The molecule has 2 aromatic rings. The third-order valence-corrected chi connectivity index (χ3v) is 8.84. The highest BCUT2D eigenvalue weighted by atomic mass is 35.5. The van der Waals surface area contributed by atoms with Crippen molar-refractivity contribution in [1.82, 2.24) is 14.9 Å². The molecular weight excluding hydrogens is 570 g/mol. The lowest BCUT2D eigenvalue weighted by Gasteiger charge is -2.40. The van der Waals surface area contributed by atoms with Crippen LogP contribution in [0.15, 0.2) is 53.4 Å². The van der Waals surface area contributed by atoms with E-state index in [4.69, 9.17) is 21.1 Å². The van der Waals surface area contributed by atoms with E-state index >= 15 is 0 Å². The van der Waals surface area contributed by atoms with Gasteiger partial charge in [0.1, 0.15) is 11.6 Å². The van der Waals surface area contributed by atoms with E-state index in [9.17, 15) is 23.1 Å². The first-order valence-corrected chi connectivity index (χ1v) is 15.7. The number of benzene rings is 2. The minimum Gasteiger partial charge on any atom is -0.454 e. The maximum Gasteiger partial charge on any atom is 0.245 e. The Balaban J connectivity index is 1.77. The van der Waals surface area contributed by atoms with Crippen LogP contribution in [0.5, 0.6) is 11.5 Å². The Morgan fingerprint density at radius 2 is 1.78 bits per heavy atom. The van der Waals surface area contributed by atoms with Gasteiger partial charge in [0.25, 0.3) is 0 Å². The van der Waals surface area contributed by atoms with Crippen LogP contribution in [0.3, 0.4) is 0 Å². The Hall–Kier alpha value is -2.86. The number of carbonyl (C=O) groups is 2. The molecule has 3 rings (SSSR count). The third kappa shape index (κ3) is 9.32. The van der Waals surface area contributed by atoms with Gasteiger partial charge in [-0.05, 0) is 43.4 Å². The summed E-state index contributed by atoms with van der Waals surface area (Å²) in [6, 6.07) is 13.4. The summed E-state index contributed by atoms with van der Waals surface area (Å²) < 4.78 is 40.0. The molecule has 2 atom stereocenters. The summed E-state index contributed by atoms with van der Waals surface area (Å²) in [6.07, 6.45) is 1.36. The first kappa shape index (κ1) is 32.7. The van der Waals surface area contributed by atoms with E-state index in [-0.39, 0.29) is 73.7 Å². The van der Waals surface area contributed by atoms with Crippen molar-refractivity contribution in [3.63, 3.8) is 0 Å². The van der Waals surface area contributed by atoms with Crippen LogP contribution in [0.1, 0.15) is 52.0 Å². The molecule has 0 saturated carbocycles. The summed E-state index contributed by atoms with van der Waals surface area (Å²) >= 11 is 5.51. The molecule has 0 fully saturated rings. The van der Waals surface area contributed by atoms with Gasteiger partial charge in [-0.2, -0.15) is 4.31 Å². The van der Waals surface area contributed by atoms with E-state index in [1.165, 1.54) is 12.1 Å². The van der Waals surface area contributed by atoms with Crippen LogP contribution in [-0.2, 0) is 26.0 Å². The molecule has 12 heteroatoms. The van der Waals surface area contributed by atoms with Crippen LogP contribution in [0, 0.1) is 5.92 Å². The zero-order chi connectivity index (χ0) is 30.0. The number of nitrogens with zero attached hydrogens (tertiary/aromatic N) is 1. The Morgan fingerprint density at radius 3 is 2.46 bits per heavy atom. The zero-order valence-electron chi connectivity index (χ0n) is 23.8. The van der Waals surface area contributed by atoms with E-state index in [1.54, 1.807) is 6.07 Å². The van der Waals surface area contributed by atoms with Gasteiger partial charge in [0.2, 0.25) is 28.6 Å². The number of hydrogen-bond acceptors (Lipinski definition) is 7. The molecule has 3 N–H and O–H groups in total. The third-order valence-electron chi connectivity index (χ3n) is 6.67. The van der Waals surface area contributed by atoms with E-state index in [0.717, 1.165) is 9.87 Å². The lowest BCUT2D eigenvalue weighted by molar-refractivity contribution is -0.122. The standard InChI is InChI=1S/C29H40ClN3O7S/c1-21(2)19-33(41(37,38)24-12-13-25-26(16-24)40-20-39-25)29(36,17-23-9-5-4-6-10-23)14-15-31-27(34)11-7-8-22(3)32-28(35)18-30/h4-6,9-10,12-13,16,21-22,36H,7-8,11,14-15,17-20H2,1-3H3,(H,31,34)(H,32,35). The molecule has 0 bridgehead atoms. The Bertz CT molecular complexity index is 1280. The highest BCUT2D eigenvalue weighted by Crippen LogP contribution is 2.37. The number of hydrogen-bond donors (Lipinski definition) is 3. The second kappa shape index (κ2) is 14.9. The molecule has 1 aliphatic rings. The van der Waals surface area contributed by atoms with Gasteiger partial charge in [0.05, 0.1) is 4.90 Å². The lowest BCUT2D eigenvalue weighted by Crippen LogP contribution is -2.55. The summed E-state index contributed by atoms with van der Waals surface area (Å²) in [5.41, 5.74) is -1.09. The average molecular weight is 610 g/mol. The molecule has 0 radical (unpaired) electrons. The molecule has 1 heterocycles. The number of sulfonamides is 1. The number of amides is 2. The van der Waals surface area contributed by atoms with Crippen LogP contribution in [0.2, 0.25) is 0 Å². The topological polar surface area (TPSA) is 134 Å². The van der Waals surface area contributed by atoms with Crippen molar-refractivity contribution in [2.24, 2.45) is 5.92 Å². The number of fused-ring (bicyclic) bond motifs is 1. The second-order valence-corrected chi connectivity index (χ2v) is 12.8. The molecule has 2 amide bonds. The predicted octanol–water partition coefficient (Wildman–Crippen LogP) is 3.41. The predicted molar refractivity (Wildman–Crippen MR) is 156 cm³/mol. The second-order valence-electron chi connectivity index (χ2n) is 10.7. The molecule has 226 valence electrons. The van der Waals surface area contributed by atoms with Crippen molar-refractivity contribution >= 4 is 33.4 Å². The average Bonchev–Trinajstić information content (AvgIpc) is 3.40. The van der Waals surface area contributed by atoms with E-state index < -0.39 is 15.7 Å². The van der Waals surface area contributed by atoms with Crippen LogP contribution in [0.25, 0.3) is 0 Å². The molecule has 10 nitrogen and oxygen atoms in total. The SMILES string of the molecule is CC(C)CN(C(O)(CCNC(=O)CCCC(C)NC(=O)CCl)Cc1ccccc1)S(=O)(=O)c1ccc2c(c1)OCO2. The first-order chi connectivity index (χ1) is 19.4. The fraction of sp³-hybridized carbons (Fsp3) is 0.517.